The molecule has 2 aliphatic heterocycles. The van der Waals surface area contributed by atoms with Crippen LogP contribution in [0.5, 0.6) is 0 Å². The molecule has 2 fully saturated rings. The molecule has 8 nitrogen and oxygen atoms in total. The second-order valence-corrected chi connectivity index (χ2v) is 8.13. The summed E-state index contributed by atoms with van der Waals surface area (Å²) in [7, 11) is 0. The van der Waals surface area contributed by atoms with Crippen molar-refractivity contribution in [2.75, 3.05) is 26.3 Å². The van der Waals surface area contributed by atoms with Gasteiger partial charge >= 0.3 is 5.97 Å². The number of carboxylic acids is 1. The van der Waals surface area contributed by atoms with Crippen molar-refractivity contribution in [2.45, 2.75) is 18.2 Å². The lowest BCUT2D eigenvalue weighted by Gasteiger charge is -2.23. The topological polar surface area (TPSA) is 105 Å². The zero-order chi connectivity index (χ0) is 22.3. The Morgan fingerprint density at radius 2 is 1.62 bits per heavy atom. The van der Waals surface area contributed by atoms with Crippen LogP contribution in [0.15, 0.2) is 54.6 Å². The molecule has 0 saturated carbocycles. The maximum atomic E-state index is 12.7. The van der Waals surface area contributed by atoms with Gasteiger partial charge in [0.2, 0.25) is 5.91 Å². The Labute approximate surface area is 183 Å². The van der Waals surface area contributed by atoms with Crippen LogP contribution in [0.25, 0.3) is 21.5 Å². The number of benzene rings is 3. The van der Waals surface area contributed by atoms with Crippen LogP contribution in [-0.2, 0) is 19.1 Å². The third-order valence-electron chi connectivity index (χ3n) is 6.08. The van der Waals surface area contributed by atoms with Gasteiger partial charge in [-0.15, -0.1) is 0 Å². The van der Waals surface area contributed by atoms with E-state index in [4.69, 9.17) is 9.47 Å². The third-order valence-corrected chi connectivity index (χ3v) is 6.08. The number of fused-ring (bicyclic) bond motifs is 2. The van der Waals surface area contributed by atoms with E-state index in [1.54, 1.807) is 12.1 Å². The van der Waals surface area contributed by atoms with Crippen LogP contribution in [0.1, 0.15) is 16.8 Å². The first-order valence-electron chi connectivity index (χ1n) is 10.5. The second-order valence-electron chi connectivity index (χ2n) is 8.13. The lowest BCUT2D eigenvalue weighted by atomic mass is 10.0. The lowest BCUT2D eigenvalue weighted by molar-refractivity contribution is -0.152. The van der Waals surface area contributed by atoms with E-state index in [-0.39, 0.29) is 19.5 Å². The molecule has 2 saturated heterocycles. The van der Waals surface area contributed by atoms with Crippen LogP contribution in [0.3, 0.4) is 0 Å². The number of nitrogens with one attached hydrogen (secondary N) is 1. The van der Waals surface area contributed by atoms with Gasteiger partial charge in [-0.2, -0.15) is 0 Å². The zero-order valence-electron chi connectivity index (χ0n) is 17.2. The van der Waals surface area contributed by atoms with Gasteiger partial charge in [-0.05, 0) is 45.8 Å². The molecule has 0 radical (unpaired) electrons. The van der Waals surface area contributed by atoms with Gasteiger partial charge in [-0.3, -0.25) is 9.59 Å². The number of hydrogen-bond acceptors (Lipinski definition) is 5. The molecule has 0 aliphatic carbocycles. The maximum Gasteiger partial charge on any atom is 0.326 e. The Kier molecular flexibility index (Phi) is 5.03. The molecule has 32 heavy (non-hydrogen) atoms. The number of carbonyl (C=O) groups excluding carboxylic acids is 2. The Hall–Kier alpha value is -3.49. The number of ether oxygens (including phenoxy) is 2. The number of likely N-dealkylation sites (tertiary alicyclic amines) is 1. The predicted octanol–water partition coefficient (Wildman–Crippen LogP) is 2.15. The zero-order valence-corrected chi connectivity index (χ0v) is 17.2. The summed E-state index contributed by atoms with van der Waals surface area (Å²) in [5.41, 5.74) is 0.427. The van der Waals surface area contributed by atoms with E-state index in [1.165, 1.54) is 4.90 Å². The number of hydrogen-bond donors (Lipinski definition) is 2. The summed E-state index contributed by atoms with van der Waals surface area (Å²) in [4.78, 5) is 38.3. The monoisotopic (exact) mass is 434 g/mol. The minimum absolute atomic E-state index is 0.0295. The maximum absolute atomic E-state index is 12.7. The normalized spacial score (nSPS) is 19.6. The van der Waals surface area contributed by atoms with Crippen LogP contribution in [-0.4, -0.2) is 65.9 Å². The summed E-state index contributed by atoms with van der Waals surface area (Å²) in [6, 6.07) is 16.4. The molecule has 5 rings (SSSR count). The number of nitrogens with zero attached hydrogens (tertiary/aromatic N) is 1. The first kappa shape index (κ1) is 20.4. The highest BCUT2D eigenvalue weighted by molar-refractivity contribution is 6.03. The number of rotatable bonds is 4. The summed E-state index contributed by atoms with van der Waals surface area (Å²) >= 11 is 0. The van der Waals surface area contributed by atoms with Gasteiger partial charge in [-0.25, -0.2) is 4.79 Å². The number of aliphatic carboxylic acids is 1. The van der Waals surface area contributed by atoms with E-state index in [1.807, 2.05) is 36.4 Å². The van der Waals surface area contributed by atoms with Crippen molar-refractivity contribution in [3.63, 3.8) is 0 Å². The van der Waals surface area contributed by atoms with Crippen molar-refractivity contribution in [1.29, 1.82) is 0 Å². The van der Waals surface area contributed by atoms with Gasteiger partial charge in [0.05, 0.1) is 26.3 Å². The summed E-state index contributed by atoms with van der Waals surface area (Å²) < 4.78 is 11.1. The summed E-state index contributed by atoms with van der Waals surface area (Å²) in [6.45, 7) is 0.445. The van der Waals surface area contributed by atoms with Gasteiger partial charge in [0.15, 0.2) is 5.79 Å². The lowest BCUT2D eigenvalue weighted by Crippen LogP contribution is -2.46. The van der Waals surface area contributed by atoms with Crippen molar-refractivity contribution in [3.8, 4) is 0 Å². The minimum atomic E-state index is -1.12. The van der Waals surface area contributed by atoms with Crippen molar-refractivity contribution in [3.05, 3.63) is 60.2 Å². The van der Waals surface area contributed by atoms with Crippen LogP contribution in [0.2, 0.25) is 0 Å². The molecule has 3 aromatic rings. The molecular weight excluding hydrogens is 412 g/mol. The Morgan fingerprint density at radius 1 is 0.969 bits per heavy atom. The minimum Gasteiger partial charge on any atom is -0.480 e. The van der Waals surface area contributed by atoms with Gasteiger partial charge in [0.25, 0.3) is 5.91 Å². The molecule has 1 spiro atoms. The first-order chi connectivity index (χ1) is 15.4. The van der Waals surface area contributed by atoms with Crippen molar-refractivity contribution in [1.82, 2.24) is 10.2 Å². The SMILES string of the molecule is O=C(NCC(=O)N1CC2(CC1C(=O)O)OCCO2)c1ccc2cc3ccccc3cc2c1. The molecule has 2 N–H and O–H groups in total. The molecule has 164 valence electrons. The third kappa shape index (κ3) is 3.68. The van der Waals surface area contributed by atoms with Crippen molar-refractivity contribution in [2.24, 2.45) is 0 Å². The standard InChI is InChI=1S/C24H22N2O6/c27-21(26-14-24(31-7-8-32-24)12-20(26)23(29)30)13-25-22(28)18-6-5-17-9-15-3-1-2-4-16(15)10-19(17)11-18/h1-6,9-11,20H,7-8,12-14H2,(H,25,28)(H,29,30). The Morgan fingerprint density at radius 3 is 2.31 bits per heavy atom. The number of amides is 2. The van der Waals surface area contributed by atoms with Crippen molar-refractivity contribution >= 4 is 39.3 Å². The van der Waals surface area contributed by atoms with Crippen LogP contribution < -0.4 is 5.32 Å². The van der Waals surface area contributed by atoms with Crippen LogP contribution in [0.4, 0.5) is 0 Å². The van der Waals surface area contributed by atoms with Gasteiger partial charge in [-0.1, -0.05) is 30.3 Å². The molecule has 0 bridgehead atoms. The smallest absolute Gasteiger partial charge is 0.326 e. The fourth-order valence-electron chi connectivity index (χ4n) is 4.47. The average Bonchev–Trinajstić information content (AvgIpc) is 3.42. The Balaban J connectivity index is 1.29. The fourth-order valence-corrected chi connectivity index (χ4v) is 4.47. The van der Waals surface area contributed by atoms with Gasteiger partial charge in [0.1, 0.15) is 6.04 Å². The molecule has 1 atom stereocenters. The second kappa shape index (κ2) is 7.89. The molecule has 2 amide bonds. The molecular formula is C24H22N2O6. The fraction of sp³-hybridized carbons (Fsp3) is 0.292. The first-order valence-corrected chi connectivity index (χ1v) is 10.5. The Bertz CT molecular complexity index is 1230. The quantitative estimate of drug-likeness (QED) is 0.610. The van der Waals surface area contributed by atoms with E-state index in [9.17, 15) is 19.5 Å². The highest BCUT2D eigenvalue weighted by atomic mass is 16.7. The molecule has 2 aliphatic rings. The van der Waals surface area contributed by atoms with E-state index in [2.05, 4.69) is 11.4 Å². The van der Waals surface area contributed by atoms with Gasteiger partial charge in [0, 0.05) is 12.0 Å². The predicted molar refractivity (Wildman–Crippen MR) is 116 cm³/mol. The van der Waals surface area contributed by atoms with Crippen LogP contribution >= 0.6 is 0 Å². The molecule has 8 heteroatoms. The van der Waals surface area contributed by atoms with E-state index in [0.29, 0.717) is 18.8 Å². The molecule has 1 unspecified atom stereocenters. The van der Waals surface area contributed by atoms with Crippen LogP contribution in [0, 0.1) is 0 Å². The van der Waals surface area contributed by atoms with Crippen molar-refractivity contribution < 1.29 is 29.0 Å². The largest absolute Gasteiger partial charge is 0.480 e. The average molecular weight is 434 g/mol. The summed E-state index contributed by atoms with van der Waals surface area (Å²) in [5, 5.41) is 16.3. The molecule has 0 aromatic heterocycles. The molecule has 3 aromatic carbocycles. The highest BCUT2D eigenvalue weighted by Crippen LogP contribution is 2.34. The van der Waals surface area contributed by atoms with E-state index >= 15 is 0 Å². The van der Waals surface area contributed by atoms with E-state index in [0.717, 1.165) is 21.5 Å². The number of carbonyl (C=O) groups is 3. The summed E-state index contributed by atoms with van der Waals surface area (Å²) in [5.74, 6) is -3.08. The van der Waals surface area contributed by atoms with E-state index < -0.39 is 29.6 Å². The number of carboxylic acid groups (broad SMARTS) is 1. The van der Waals surface area contributed by atoms with Gasteiger partial charge < -0.3 is 24.8 Å². The summed E-state index contributed by atoms with van der Waals surface area (Å²) in [6.07, 6.45) is 0.0701. The molecule has 2 heterocycles. The highest BCUT2D eigenvalue weighted by Gasteiger charge is 2.52.